The standard InChI is InChI=1S/C9H12O4/c1-12-8(10)6-3-4-7(5-6)9(11)13-2/h3-4,6-7H,5H2,1-2H3/t6-,7+. The smallest absolute Gasteiger partial charge is 0.312 e. The zero-order chi connectivity index (χ0) is 9.84. The average molecular weight is 184 g/mol. The van der Waals surface area contributed by atoms with Gasteiger partial charge in [0.1, 0.15) is 0 Å². The molecule has 0 aromatic carbocycles. The third-order valence-electron chi connectivity index (χ3n) is 2.09. The Kier molecular flexibility index (Phi) is 3.06. The number of carbonyl (C=O) groups excluding carboxylic acids is 2. The Balaban J connectivity index is 2.51. The number of hydrogen-bond acceptors (Lipinski definition) is 4. The molecule has 0 fully saturated rings. The van der Waals surface area contributed by atoms with Gasteiger partial charge in [-0.2, -0.15) is 0 Å². The Morgan fingerprint density at radius 3 is 1.77 bits per heavy atom. The van der Waals surface area contributed by atoms with E-state index in [-0.39, 0.29) is 23.8 Å². The van der Waals surface area contributed by atoms with Gasteiger partial charge < -0.3 is 9.47 Å². The van der Waals surface area contributed by atoms with Crippen LogP contribution in [0.5, 0.6) is 0 Å². The minimum atomic E-state index is -0.303. The highest BCUT2D eigenvalue weighted by molar-refractivity contribution is 5.80. The van der Waals surface area contributed by atoms with Crippen LogP contribution in [0.15, 0.2) is 12.2 Å². The minimum absolute atomic E-state index is 0.297. The van der Waals surface area contributed by atoms with Crippen molar-refractivity contribution in [3.05, 3.63) is 12.2 Å². The van der Waals surface area contributed by atoms with Crippen molar-refractivity contribution >= 4 is 11.9 Å². The molecular weight excluding hydrogens is 172 g/mol. The normalized spacial score (nSPS) is 25.7. The summed E-state index contributed by atoms with van der Waals surface area (Å²) in [6, 6.07) is 0. The van der Waals surface area contributed by atoms with Crippen molar-refractivity contribution in [3.63, 3.8) is 0 Å². The van der Waals surface area contributed by atoms with Gasteiger partial charge in [-0.15, -0.1) is 0 Å². The molecule has 0 N–H and O–H groups in total. The third-order valence-corrected chi connectivity index (χ3v) is 2.09. The van der Waals surface area contributed by atoms with Crippen molar-refractivity contribution in [1.29, 1.82) is 0 Å². The first kappa shape index (κ1) is 9.77. The fourth-order valence-electron chi connectivity index (χ4n) is 1.35. The van der Waals surface area contributed by atoms with E-state index >= 15 is 0 Å². The fourth-order valence-corrected chi connectivity index (χ4v) is 1.35. The van der Waals surface area contributed by atoms with Crippen LogP contribution >= 0.6 is 0 Å². The average Bonchev–Trinajstić information content (AvgIpc) is 2.64. The lowest BCUT2D eigenvalue weighted by molar-refractivity contribution is -0.146. The maximum Gasteiger partial charge on any atom is 0.312 e. The molecule has 0 bridgehead atoms. The number of ether oxygens (including phenoxy) is 2. The molecule has 0 heterocycles. The Morgan fingerprint density at radius 2 is 1.46 bits per heavy atom. The summed E-state index contributed by atoms with van der Waals surface area (Å²) in [5.74, 6) is -1.20. The predicted octanol–water partition coefficient (Wildman–Crippen LogP) is 0.525. The van der Waals surface area contributed by atoms with E-state index in [9.17, 15) is 9.59 Å². The maximum atomic E-state index is 11.0. The van der Waals surface area contributed by atoms with E-state index in [1.54, 1.807) is 12.2 Å². The molecule has 2 atom stereocenters. The van der Waals surface area contributed by atoms with E-state index in [4.69, 9.17) is 0 Å². The maximum absolute atomic E-state index is 11.0. The molecule has 4 nitrogen and oxygen atoms in total. The fraction of sp³-hybridized carbons (Fsp3) is 0.556. The van der Waals surface area contributed by atoms with Crippen molar-refractivity contribution in [2.45, 2.75) is 6.42 Å². The lowest BCUT2D eigenvalue weighted by Crippen LogP contribution is -2.17. The van der Waals surface area contributed by atoms with E-state index in [2.05, 4.69) is 9.47 Å². The molecule has 4 heteroatoms. The van der Waals surface area contributed by atoms with E-state index in [1.807, 2.05) is 0 Å². The van der Waals surface area contributed by atoms with Gasteiger partial charge in [0.05, 0.1) is 26.1 Å². The highest BCUT2D eigenvalue weighted by atomic mass is 16.5. The van der Waals surface area contributed by atoms with Crippen molar-refractivity contribution < 1.29 is 19.1 Å². The number of rotatable bonds is 2. The van der Waals surface area contributed by atoms with Crippen LogP contribution in [0.2, 0.25) is 0 Å². The first-order valence-corrected chi connectivity index (χ1v) is 4.03. The summed E-state index contributed by atoms with van der Waals surface area (Å²) in [6.45, 7) is 0. The first-order valence-electron chi connectivity index (χ1n) is 4.03. The van der Waals surface area contributed by atoms with Gasteiger partial charge in [-0.25, -0.2) is 0 Å². The summed E-state index contributed by atoms with van der Waals surface area (Å²) in [7, 11) is 2.67. The largest absolute Gasteiger partial charge is 0.469 e. The Labute approximate surface area is 76.5 Å². The molecule has 1 rings (SSSR count). The van der Waals surface area contributed by atoms with Crippen LogP contribution in [-0.2, 0) is 19.1 Å². The minimum Gasteiger partial charge on any atom is -0.469 e. The summed E-state index contributed by atoms with van der Waals surface area (Å²) in [6.07, 6.45) is 3.83. The molecule has 0 unspecified atom stereocenters. The third kappa shape index (κ3) is 2.08. The van der Waals surface area contributed by atoms with Gasteiger partial charge in [0.15, 0.2) is 0 Å². The van der Waals surface area contributed by atoms with Gasteiger partial charge in [0.25, 0.3) is 0 Å². The summed E-state index contributed by atoms with van der Waals surface area (Å²) in [4.78, 5) is 22.1. The molecule has 1 aliphatic carbocycles. The zero-order valence-electron chi connectivity index (χ0n) is 7.65. The molecule has 0 saturated carbocycles. The second-order valence-electron chi connectivity index (χ2n) is 2.88. The van der Waals surface area contributed by atoms with Crippen LogP contribution in [0.1, 0.15) is 6.42 Å². The van der Waals surface area contributed by atoms with Crippen LogP contribution in [0, 0.1) is 11.8 Å². The number of esters is 2. The molecule has 0 saturated heterocycles. The van der Waals surface area contributed by atoms with Crippen molar-refractivity contribution in [3.8, 4) is 0 Å². The topological polar surface area (TPSA) is 52.6 Å². The van der Waals surface area contributed by atoms with E-state index in [1.165, 1.54) is 14.2 Å². The molecule has 1 aliphatic rings. The SMILES string of the molecule is COC(=O)[C@@H]1C=C[C@H](C(=O)OC)C1. The summed E-state index contributed by atoms with van der Waals surface area (Å²) >= 11 is 0. The van der Waals surface area contributed by atoms with Crippen LogP contribution in [-0.4, -0.2) is 26.2 Å². The summed E-state index contributed by atoms with van der Waals surface area (Å²) in [5.41, 5.74) is 0. The Hall–Kier alpha value is -1.32. The van der Waals surface area contributed by atoms with E-state index in [0.29, 0.717) is 6.42 Å². The second kappa shape index (κ2) is 4.07. The summed E-state index contributed by atoms with van der Waals surface area (Å²) in [5, 5.41) is 0. The lowest BCUT2D eigenvalue weighted by Gasteiger charge is -2.07. The zero-order valence-corrected chi connectivity index (χ0v) is 7.65. The monoisotopic (exact) mass is 184 g/mol. The Morgan fingerprint density at radius 1 is 1.08 bits per heavy atom. The number of hydrogen-bond donors (Lipinski definition) is 0. The van der Waals surface area contributed by atoms with Gasteiger partial charge in [-0.1, -0.05) is 12.2 Å². The first-order chi connectivity index (χ1) is 6.19. The molecule has 0 aliphatic heterocycles. The van der Waals surface area contributed by atoms with Gasteiger partial charge in [0.2, 0.25) is 0 Å². The number of methoxy groups -OCH3 is 2. The van der Waals surface area contributed by atoms with Crippen LogP contribution < -0.4 is 0 Å². The Bertz CT molecular complexity index is 220. The number of carbonyl (C=O) groups is 2. The van der Waals surface area contributed by atoms with Crippen molar-refractivity contribution in [2.75, 3.05) is 14.2 Å². The van der Waals surface area contributed by atoms with Crippen LogP contribution in [0.25, 0.3) is 0 Å². The molecular formula is C9H12O4. The second-order valence-corrected chi connectivity index (χ2v) is 2.88. The van der Waals surface area contributed by atoms with Crippen molar-refractivity contribution in [1.82, 2.24) is 0 Å². The van der Waals surface area contributed by atoms with Crippen LogP contribution in [0.4, 0.5) is 0 Å². The summed E-state index contributed by atoms with van der Waals surface area (Å²) < 4.78 is 9.11. The molecule has 13 heavy (non-hydrogen) atoms. The highest BCUT2D eigenvalue weighted by Crippen LogP contribution is 2.25. The molecule has 0 aromatic rings. The predicted molar refractivity (Wildman–Crippen MR) is 44.8 cm³/mol. The van der Waals surface area contributed by atoms with E-state index < -0.39 is 0 Å². The van der Waals surface area contributed by atoms with Crippen molar-refractivity contribution in [2.24, 2.45) is 11.8 Å². The lowest BCUT2D eigenvalue weighted by atomic mass is 10.0. The quantitative estimate of drug-likeness (QED) is 0.464. The van der Waals surface area contributed by atoms with Gasteiger partial charge in [-0.05, 0) is 6.42 Å². The molecule has 0 amide bonds. The van der Waals surface area contributed by atoms with Gasteiger partial charge in [-0.3, -0.25) is 9.59 Å². The van der Waals surface area contributed by atoms with E-state index in [0.717, 1.165) is 0 Å². The van der Waals surface area contributed by atoms with Gasteiger partial charge in [0, 0.05) is 0 Å². The molecule has 0 aromatic heterocycles. The highest BCUT2D eigenvalue weighted by Gasteiger charge is 2.30. The van der Waals surface area contributed by atoms with Crippen LogP contribution in [0.3, 0.4) is 0 Å². The molecule has 72 valence electrons. The molecule has 0 spiro atoms. The van der Waals surface area contributed by atoms with Gasteiger partial charge >= 0.3 is 11.9 Å². The molecule has 0 radical (unpaired) electrons.